The molecule has 0 radical (unpaired) electrons. The van der Waals surface area contributed by atoms with Gasteiger partial charge in [0.1, 0.15) is 25.2 Å². The summed E-state index contributed by atoms with van der Waals surface area (Å²) in [5.74, 6) is 1.28. The zero-order valence-electron chi connectivity index (χ0n) is 18.4. The Kier molecular flexibility index (Phi) is 6.09. The predicted molar refractivity (Wildman–Crippen MR) is 116 cm³/mol. The molecule has 33 heavy (non-hydrogen) atoms. The van der Waals surface area contributed by atoms with Crippen LogP contribution < -0.4 is 9.47 Å². The van der Waals surface area contributed by atoms with Gasteiger partial charge in [-0.1, -0.05) is 25.7 Å². The van der Waals surface area contributed by atoms with Gasteiger partial charge in [-0.3, -0.25) is 14.8 Å². The van der Waals surface area contributed by atoms with Crippen molar-refractivity contribution in [3.05, 3.63) is 18.0 Å². The Morgan fingerprint density at radius 1 is 1.30 bits per heavy atom. The number of benzene rings is 1. The van der Waals surface area contributed by atoms with E-state index in [0.29, 0.717) is 59.9 Å². The Bertz CT molecular complexity index is 981. The SMILES string of the molecule is O=CN(O)CC(CC1CCCC1)C(=O)N1C[C@H](F)C[C@H]1c1nc2cc3c(cc2[nH]1)OCCO3. The molecule has 2 N–H and O–H groups in total. The maximum absolute atomic E-state index is 14.6. The number of alkyl halides is 1. The number of aromatic nitrogens is 2. The van der Waals surface area contributed by atoms with Gasteiger partial charge >= 0.3 is 0 Å². The summed E-state index contributed by atoms with van der Waals surface area (Å²) in [5.41, 5.74) is 1.39. The maximum atomic E-state index is 14.6. The fraction of sp³-hybridized carbons (Fsp3) is 0.609. The standard InChI is InChI=1S/C23H29FN4O5/c24-16-8-19(22-25-17-9-20-21(10-18(17)26-22)33-6-5-32-20)28(12-16)23(30)15(11-27(31)13-29)7-14-3-1-2-4-14/h9-10,13-16,19,31H,1-8,11-12H2,(H,25,26)/t15?,16-,19+/m1/s1. The van der Waals surface area contributed by atoms with Crippen LogP contribution in [-0.4, -0.2) is 69.9 Å². The van der Waals surface area contributed by atoms with Gasteiger partial charge in [0, 0.05) is 18.6 Å². The topological polar surface area (TPSA) is 108 Å². The zero-order valence-corrected chi connectivity index (χ0v) is 18.4. The minimum absolute atomic E-state index is 0.0308. The van der Waals surface area contributed by atoms with E-state index in [0.717, 1.165) is 31.2 Å². The molecule has 1 aromatic heterocycles. The van der Waals surface area contributed by atoms with E-state index in [-0.39, 0.29) is 25.4 Å². The lowest BCUT2D eigenvalue weighted by Gasteiger charge is -2.30. The molecule has 1 aromatic carbocycles. The fourth-order valence-electron chi connectivity index (χ4n) is 5.42. The Morgan fingerprint density at radius 2 is 2.03 bits per heavy atom. The van der Waals surface area contributed by atoms with Crippen molar-refractivity contribution in [2.45, 2.75) is 50.7 Å². The van der Waals surface area contributed by atoms with Crippen LogP contribution in [0.4, 0.5) is 4.39 Å². The zero-order chi connectivity index (χ0) is 22.9. The number of hydrogen-bond acceptors (Lipinski definition) is 6. The van der Waals surface area contributed by atoms with Crippen LogP contribution in [-0.2, 0) is 9.59 Å². The molecule has 10 heteroatoms. The summed E-state index contributed by atoms with van der Waals surface area (Å²) in [7, 11) is 0. The van der Waals surface area contributed by atoms with Crippen molar-refractivity contribution in [1.29, 1.82) is 0 Å². The number of nitrogens with zero attached hydrogens (tertiary/aromatic N) is 3. The number of rotatable bonds is 7. The molecule has 1 saturated carbocycles. The van der Waals surface area contributed by atoms with Gasteiger partial charge in [0.15, 0.2) is 11.5 Å². The molecule has 5 rings (SSSR count). The van der Waals surface area contributed by atoms with Crippen LogP contribution in [0.3, 0.4) is 0 Å². The molecular formula is C23H29FN4O5. The van der Waals surface area contributed by atoms with Crippen molar-refractivity contribution >= 4 is 23.4 Å². The molecule has 0 spiro atoms. The molecule has 2 fully saturated rings. The van der Waals surface area contributed by atoms with Crippen LogP contribution in [0.15, 0.2) is 12.1 Å². The Morgan fingerprint density at radius 3 is 2.76 bits per heavy atom. The summed E-state index contributed by atoms with van der Waals surface area (Å²) in [4.78, 5) is 34.0. The van der Waals surface area contributed by atoms with Crippen LogP contribution >= 0.6 is 0 Å². The summed E-state index contributed by atoms with van der Waals surface area (Å²) in [6, 6.07) is 3.05. The molecule has 178 valence electrons. The number of hydroxylamine groups is 2. The van der Waals surface area contributed by atoms with E-state index >= 15 is 0 Å². The number of halogens is 1. The molecule has 2 amide bonds. The number of ether oxygens (including phenoxy) is 2. The Balaban J connectivity index is 1.41. The molecular weight excluding hydrogens is 431 g/mol. The normalized spacial score (nSPS) is 23.8. The number of hydrogen-bond donors (Lipinski definition) is 2. The molecule has 2 aliphatic heterocycles. The van der Waals surface area contributed by atoms with Gasteiger partial charge in [-0.25, -0.2) is 14.4 Å². The number of fused-ring (bicyclic) bond motifs is 2. The highest BCUT2D eigenvalue weighted by atomic mass is 19.1. The molecule has 1 aliphatic carbocycles. The molecule has 2 aromatic rings. The lowest BCUT2D eigenvalue weighted by atomic mass is 9.91. The Labute approximate surface area is 190 Å². The highest BCUT2D eigenvalue weighted by Gasteiger charge is 2.41. The third-order valence-electron chi connectivity index (χ3n) is 6.98. The number of likely N-dealkylation sites (tertiary alicyclic amines) is 1. The average Bonchev–Trinajstić information content (AvgIpc) is 3.55. The van der Waals surface area contributed by atoms with Crippen LogP contribution in [0, 0.1) is 11.8 Å². The van der Waals surface area contributed by atoms with Crippen molar-refractivity contribution in [3.63, 3.8) is 0 Å². The number of carbonyl (C=O) groups is 2. The summed E-state index contributed by atoms with van der Waals surface area (Å²) < 4.78 is 25.8. The molecule has 3 aliphatic rings. The largest absolute Gasteiger partial charge is 0.486 e. The van der Waals surface area contributed by atoms with Gasteiger partial charge in [0.2, 0.25) is 12.3 Å². The van der Waals surface area contributed by atoms with Gasteiger partial charge in [-0.05, 0) is 12.3 Å². The predicted octanol–water partition coefficient (Wildman–Crippen LogP) is 2.99. The van der Waals surface area contributed by atoms with Crippen molar-refractivity contribution in [1.82, 2.24) is 19.9 Å². The van der Waals surface area contributed by atoms with Crippen LogP contribution in [0.2, 0.25) is 0 Å². The van der Waals surface area contributed by atoms with E-state index in [1.165, 1.54) is 4.90 Å². The minimum Gasteiger partial charge on any atom is -0.486 e. The third kappa shape index (κ3) is 4.48. The molecule has 3 heterocycles. The van der Waals surface area contributed by atoms with Crippen LogP contribution in [0.1, 0.15) is 50.4 Å². The average molecular weight is 461 g/mol. The second-order valence-electron chi connectivity index (χ2n) is 9.28. The van der Waals surface area contributed by atoms with Crippen molar-refractivity contribution < 1.29 is 28.7 Å². The first kappa shape index (κ1) is 21.9. The fourth-order valence-corrected chi connectivity index (χ4v) is 5.42. The number of imidazole rings is 1. The molecule has 0 bridgehead atoms. The maximum Gasteiger partial charge on any atom is 0.233 e. The smallest absolute Gasteiger partial charge is 0.233 e. The van der Waals surface area contributed by atoms with Crippen molar-refractivity contribution in [3.8, 4) is 11.5 Å². The van der Waals surface area contributed by atoms with Crippen LogP contribution in [0.5, 0.6) is 11.5 Å². The van der Waals surface area contributed by atoms with Gasteiger partial charge in [0.05, 0.1) is 36.1 Å². The quantitative estimate of drug-likeness (QED) is 0.374. The van der Waals surface area contributed by atoms with Crippen molar-refractivity contribution in [2.24, 2.45) is 11.8 Å². The number of aromatic amines is 1. The first-order valence-electron chi connectivity index (χ1n) is 11.7. The van der Waals surface area contributed by atoms with E-state index in [2.05, 4.69) is 9.97 Å². The van der Waals surface area contributed by atoms with Gasteiger partial charge in [0.25, 0.3) is 0 Å². The molecule has 3 atom stereocenters. The third-order valence-corrected chi connectivity index (χ3v) is 6.98. The molecule has 9 nitrogen and oxygen atoms in total. The van der Waals surface area contributed by atoms with E-state index in [1.54, 1.807) is 6.07 Å². The number of amides is 2. The van der Waals surface area contributed by atoms with Gasteiger partial charge < -0.3 is 19.4 Å². The molecule has 1 unspecified atom stereocenters. The summed E-state index contributed by atoms with van der Waals surface area (Å²) in [6.45, 7) is 0.811. The summed E-state index contributed by atoms with van der Waals surface area (Å²) in [6.07, 6.45) is 4.16. The highest BCUT2D eigenvalue weighted by molar-refractivity contribution is 5.82. The number of nitrogens with one attached hydrogen (secondary N) is 1. The lowest BCUT2D eigenvalue weighted by Crippen LogP contribution is -2.41. The summed E-state index contributed by atoms with van der Waals surface area (Å²) in [5, 5.41) is 10.3. The van der Waals surface area contributed by atoms with E-state index in [9.17, 15) is 19.2 Å². The monoisotopic (exact) mass is 460 g/mol. The van der Waals surface area contributed by atoms with E-state index < -0.39 is 18.1 Å². The van der Waals surface area contributed by atoms with Gasteiger partial charge in [-0.2, -0.15) is 0 Å². The highest BCUT2D eigenvalue weighted by Crippen LogP contribution is 2.39. The number of carbonyl (C=O) groups excluding carboxylic acids is 2. The summed E-state index contributed by atoms with van der Waals surface area (Å²) >= 11 is 0. The minimum atomic E-state index is -1.17. The number of H-pyrrole nitrogens is 1. The first-order chi connectivity index (χ1) is 16.0. The van der Waals surface area contributed by atoms with E-state index in [1.807, 2.05) is 6.07 Å². The van der Waals surface area contributed by atoms with E-state index in [4.69, 9.17) is 9.47 Å². The first-order valence-corrected chi connectivity index (χ1v) is 11.7. The second-order valence-corrected chi connectivity index (χ2v) is 9.28. The van der Waals surface area contributed by atoms with Gasteiger partial charge in [-0.15, -0.1) is 0 Å². The van der Waals surface area contributed by atoms with Crippen molar-refractivity contribution in [2.75, 3.05) is 26.3 Å². The molecule has 1 saturated heterocycles. The lowest BCUT2D eigenvalue weighted by molar-refractivity contribution is -0.157. The Hall–Kier alpha value is -2.88. The van der Waals surface area contributed by atoms with Crippen LogP contribution in [0.25, 0.3) is 11.0 Å². The second kappa shape index (κ2) is 9.17.